The summed E-state index contributed by atoms with van der Waals surface area (Å²) in [6.45, 7) is 0. The molecule has 1 aliphatic carbocycles. The summed E-state index contributed by atoms with van der Waals surface area (Å²) in [7, 11) is 0. The molecule has 0 aromatic heterocycles. The van der Waals surface area contributed by atoms with Crippen molar-refractivity contribution >= 4 is 0 Å². The normalized spacial score (nSPS) is 32.1. The smallest absolute Gasteiger partial charge is 0.123 e. The summed E-state index contributed by atoms with van der Waals surface area (Å²) in [6.07, 6.45) is 1.75. The average Bonchev–Trinajstić information content (AvgIpc) is 2.48. The SMILES string of the molecule is NC1(c2ccc(F)cc2)CCC(O)C1. The molecule has 1 aromatic rings. The maximum Gasteiger partial charge on any atom is 0.123 e. The quantitative estimate of drug-likeness (QED) is 0.713. The number of benzene rings is 1. The van der Waals surface area contributed by atoms with Crippen LogP contribution in [-0.4, -0.2) is 11.2 Å². The second-order valence-electron chi connectivity index (χ2n) is 4.06. The summed E-state index contributed by atoms with van der Waals surface area (Å²) in [5.41, 5.74) is 6.59. The van der Waals surface area contributed by atoms with Crippen molar-refractivity contribution in [3.63, 3.8) is 0 Å². The number of rotatable bonds is 1. The molecule has 1 saturated carbocycles. The summed E-state index contributed by atoms with van der Waals surface area (Å²) in [4.78, 5) is 0. The Bertz CT molecular complexity index is 325. The molecule has 1 fully saturated rings. The second-order valence-corrected chi connectivity index (χ2v) is 4.06. The van der Waals surface area contributed by atoms with E-state index in [2.05, 4.69) is 0 Å². The van der Waals surface area contributed by atoms with Crippen molar-refractivity contribution in [2.75, 3.05) is 0 Å². The molecule has 2 unspecified atom stereocenters. The van der Waals surface area contributed by atoms with Gasteiger partial charge in [0.25, 0.3) is 0 Å². The van der Waals surface area contributed by atoms with Crippen LogP contribution in [0.4, 0.5) is 4.39 Å². The molecule has 76 valence electrons. The molecule has 0 bridgehead atoms. The number of halogens is 1. The first-order chi connectivity index (χ1) is 6.60. The fourth-order valence-electron chi connectivity index (χ4n) is 2.09. The summed E-state index contributed by atoms with van der Waals surface area (Å²) < 4.78 is 12.7. The van der Waals surface area contributed by atoms with Crippen molar-refractivity contribution in [2.45, 2.75) is 30.9 Å². The number of nitrogens with two attached hydrogens (primary N) is 1. The van der Waals surface area contributed by atoms with E-state index in [9.17, 15) is 9.50 Å². The van der Waals surface area contributed by atoms with E-state index in [-0.39, 0.29) is 11.9 Å². The minimum atomic E-state index is -0.465. The Balaban J connectivity index is 2.26. The van der Waals surface area contributed by atoms with Gasteiger partial charge in [0.1, 0.15) is 5.82 Å². The molecule has 2 rings (SSSR count). The van der Waals surface area contributed by atoms with Crippen LogP contribution in [0.2, 0.25) is 0 Å². The van der Waals surface area contributed by atoms with Gasteiger partial charge in [0.05, 0.1) is 6.10 Å². The van der Waals surface area contributed by atoms with Gasteiger partial charge in [-0.25, -0.2) is 4.39 Å². The maximum absolute atomic E-state index is 12.7. The van der Waals surface area contributed by atoms with Crippen LogP contribution in [0.1, 0.15) is 24.8 Å². The van der Waals surface area contributed by atoms with Gasteiger partial charge in [-0.05, 0) is 37.0 Å². The lowest BCUT2D eigenvalue weighted by Crippen LogP contribution is -2.34. The largest absolute Gasteiger partial charge is 0.393 e. The van der Waals surface area contributed by atoms with Gasteiger partial charge in [0.2, 0.25) is 0 Å². The third-order valence-electron chi connectivity index (χ3n) is 2.94. The lowest BCUT2D eigenvalue weighted by molar-refractivity contribution is 0.174. The highest BCUT2D eigenvalue weighted by Gasteiger charge is 2.36. The van der Waals surface area contributed by atoms with Crippen LogP contribution in [0.25, 0.3) is 0 Å². The van der Waals surface area contributed by atoms with Crippen molar-refractivity contribution in [3.8, 4) is 0 Å². The van der Waals surface area contributed by atoms with E-state index >= 15 is 0 Å². The third kappa shape index (κ3) is 1.65. The van der Waals surface area contributed by atoms with E-state index in [0.717, 1.165) is 18.4 Å². The summed E-state index contributed by atoms with van der Waals surface area (Å²) >= 11 is 0. The van der Waals surface area contributed by atoms with E-state index in [1.165, 1.54) is 12.1 Å². The molecular weight excluding hydrogens is 181 g/mol. The predicted molar refractivity (Wildman–Crippen MR) is 52.1 cm³/mol. The first-order valence-corrected chi connectivity index (χ1v) is 4.83. The molecule has 14 heavy (non-hydrogen) atoms. The number of hydrogen-bond donors (Lipinski definition) is 2. The fourth-order valence-corrected chi connectivity index (χ4v) is 2.09. The molecule has 0 spiro atoms. The van der Waals surface area contributed by atoms with Gasteiger partial charge in [0.15, 0.2) is 0 Å². The molecule has 1 aliphatic rings. The fraction of sp³-hybridized carbons (Fsp3) is 0.455. The maximum atomic E-state index is 12.7. The molecule has 2 atom stereocenters. The Morgan fingerprint density at radius 2 is 2.00 bits per heavy atom. The van der Waals surface area contributed by atoms with Crippen LogP contribution < -0.4 is 5.73 Å². The topological polar surface area (TPSA) is 46.2 Å². The highest BCUT2D eigenvalue weighted by molar-refractivity contribution is 5.26. The van der Waals surface area contributed by atoms with Crippen molar-refractivity contribution in [3.05, 3.63) is 35.6 Å². The highest BCUT2D eigenvalue weighted by atomic mass is 19.1. The summed E-state index contributed by atoms with van der Waals surface area (Å²) in [5.74, 6) is -0.254. The Kier molecular flexibility index (Phi) is 2.29. The minimum absolute atomic E-state index is 0.254. The van der Waals surface area contributed by atoms with Crippen LogP contribution in [0.15, 0.2) is 24.3 Å². The van der Waals surface area contributed by atoms with Gasteiger partial charge in [-0.1, -0.05) is 12.1 Å². The van der Waals surface area contributed by atoms with Gasteiger partial charge in [-0.15, -0.1) is 0 Å². The van der Waals surface area contributed by atoms with Crippen LogP contribution in [0.3, 0.4) is 0 Å². The molecule has 1 aromatic carbocycles. The number of hydrogen-bond acceptors (Lipinski definition) is 2. The lowest BCUT2D eigenvalue weighted by Gasteiger charge is -2.24. The second kappa shape index (κ2) is 3.33. The van der Waals surface area contributed by atoms with Gasteiger partial charge in [-0.2, -0.15) is 0 Å². The molecule has 2 nitrogen and oxygen atoms in total. The highest BCUT2D eigenvalue weighted by Crippen LogP contribution is 2.36. The Labute approximate surface area is 82.5 Å². The van der Waals surface area contributed by atoms with Crippen LogP contribution in [0, 0.1) is 5.82 Å². The zero-order chi connectivity index (χ0) is 10.2. The number of aliphatic hydroxyl groups excluding tert-OH is 1. The molecule has 0 amide bonds. The van der Waals surface area contributed by atoms with Crippen molar-refractivity contribution < 1.29 is 9.50 Å². The van der Waals surface area contributed by atoms with Crippen LogP contribution in [0.5, 0.6) is 0 Å². The van der Waals surface area contributed by atoms with Crippen LogP contribution >= 0.6 is 0 Å². The van der Waals surface area contributed by atoms with Crippen molar-refractivity contribution in [1.29, 1.82) is 0 Å². The van der Waals surface area contributed by atoms with Gasteiger partial charge < -0.3 is 10.8 Å². The molecule has 0 radical (unpaired) electrons. The van der Waals surface area contributed by atoms with Gasteiger partial charge in [0, 0.05) is 5.54 Å². The van der Waals surface area contributed by atoms with Crippen molar-refractivity contribution in [1.82, 2.24) is 0 Å². The van der Waals surface area contributed by atoms with Gasteiger partial charge >= 0.3 is 0 Å². The molecule has 0 heterocycles. The summed E-state index contributed by atoms with van der Waals surface area (Å²) in [6, 6.07) is 6.23. The van der Waals surface area contributed by atoms with E-state index in [1.807, 2.05) is 0 Å². The Morgan fingerprint density at radius 3 is 2.50 bits per heavy atom. The van der Waals surface area contributed by atoms with Crippen molar-refractivity contribution in [2.24, 2.45) is 5.73 Å². The Hall–Kier alpha value is -0.930. The molecular formula is C11H14FNO. The van der Waals surface area contributed by atoms with E-state index in [1.54, 1.807) is 12.1 Å². The van der Waals surface area contributed by atoms with Gasteiger partial charge in [-0.3, -0.25) is 0 Å². The monoisotopic (exact) mass is 195 g/mol. The average molecular weight is 195 g/mol. The third-order valence-corrected chi connectivity index (χ3v) is 2.94. The van der Waals surface area contributed by atoms with E-state index < -0.39 is 5.54 Å². The minimum Gasteiger partial charge on any atom is -0.393 e. The predicted octanol–water partition coefficient (Wildman–Crippen LogP) is 1.52. The standard InChI is InChI=1S/C11H14FNO/c12-9-3-1-8(2-4-9)11(13)6-5-10(14)7-11/h1-4,10,14H,5-7,13H2. The Morgan fingerprint density at radius 1 is 1.36 bits per heavy atom. The lowest BCUT2D eigenvalue weighted by atomic mass is 9.89. The molecule has 0 aliphatic heterocycles. The van der Waals surface area contributed by atoms with E-state index in [0.29, 0.717) is 6.42 Å². The zero-order valence-electron chi connectivity index (χ0n) is 7.91. The number of aliphatic hydroxyl groups is 1. The molecule has 3 heteroatoms. The molecule has 0 saturated heterocycles. The first kappa shape index (κ1) is 9.62. The van der Waals surface area contributed by atoms with E-state index in [4.69, 9.17) is 5.73 Å². The first-order valence-electron chi connectivity index (χ1n) is 4.83. The summed E-state index contributed by atoms with van der Waals surface area (Å²) in [5, 5.41) is 9.43. The van der Waals surface area contributed by atoms with Crippen LogP contribution in [-0.2, 0) is 5.54 Å². The molecule has 3 N–H and O–H groups in total. The zero-order valence-corrected chi connectivity index (χ0v) is 7.91.